The molecule has 0 aromatic carbocycles. The van der Waals surface area contributed by atoms with Crippen LogP contribution in [0.1, 0.15) is 39.0 Å². The van der Waals surface area contributed by atoms with Gasteiger partial charge >= 0.3 is 0 Å². The molecular formula is C14H29N3. The summed E-state index contributed by atoms with van der Waals surface area (Å²) in [6, 6.07) is 1.72. The van der Waals surface area contributed by atoms with Gasteiger partial charge in [-0.25, -0.2) is 0 Å². The van der Waals surface area contributed by atoms with Crippen molar-refractivity contribution in [3.8, 4) is 0 Å². The van der Waals surface area contributed by atoms with E-state index in [1.54, 1.807) is 0 Å². The summed E-state index contributed by atoms with van der Waals surface area (Å²) in [6.07, 6.45) is 6.49. The molecule has 1 saturated carbocycles. The van der Waals surface area contributed by atoms with Crippen molar-refractivity contribution in [2.45, 2.75) is 57.2 Å². The van der Waals surface area contributed by atoms with E-state index in [0.717, 1.165) is 12.0 Å². The second-order valence-corrected chi connectivity index (χ2v) is 6.37. The highest BCUT2D eigenvalue weighted by atomic mass is 15.2. The van der Waals surface area contributed by atoms with Crippen LogP contribution in [0.2, 0.25) is 0 Å². The molecule has 17 heavy (non-hydrogen) atoms. The van der Waals surface area contributed by atoms with Gasteiger partial charge in [-0.1, -0.05) is 6.92 Å². The van der Waals surface area contributed by atoms with E-state index < -0.39 is 0 Å². The Hall–Kier alpha value is -0.120. The Kier molecular flexibility index (Phi) is 4.45. The normalized spacial score (nSPS) is 40.8. The third kappa shape index (κ3) is 3.21. The van der Waals surface area contributed by atoms with Crippen molar-refractivity contribution < 1.29 is 0 Å². The Morgan fingerprint density at radius 1 is 1.24 bits per heavy atom. The van der Waals surface area contributed by atoms with E-state index in [-0.39, 0.29) is 0 Å². The zero-order chi connectivity index (χ0) is 12.4. The molecular weight excluding hydrogens is 210 g/mol. The standard InChI is InChI=1S/C14H29N3/c1-11-6-7-13(15)14(9-11)17(3)12-5-4-8-16(2)10-12/h11-14H,4-10,15H2,1-3H3. The van der Waals surface area contributed by atoms with Crippen LogP contribution in [0.3, 0.4) is 0 Å². The summed E-state index contributed by atoms with van der Waals surface area (Å²) >= 11 is 0. The first-order valence-electron chi connectivity index (χ1n) is 7.24. The number of rotatable bonds is 2. The van der Waals surface area contributed by atoms with Crippen LogP contribution < -0.4 is 5.73 Å². The van der Waals surface area contributed by atoms with Crippen molar-refractivity contribution in [1.82, 2.24) is 9.80 Å². The molecule has 2 aliphatic rings. The van der Waals surface area contributed by atoms with Crippen molar-refractivity contribution >= 4 is 0 Å². The van der Waals surface area contributed by atoms with Gasteiger partial charge in [-0.3, -0.25) is 4.90 Å². The van der Waals surface area contributed by atoms with Crippen LogP contribution in [0.5, 0.6) is 0 Å². The molecule has 2 rings (SSSR count). The van der Waals surface area contributed by atoms with Crippen molar-refractivity contribution in [2.24, 2.45) is 11.7 Å². The fourth-order valence-corrected chi connectivity index (χ4v) is 3.58. The molecule has 1 heterocycles. The van der Waals surface area contributed by atoms with E-state index in [0.29, 0.717) is 12.1 Å². The highest BCUT2D eigenvalue weighted by Crippen LogP contribution is 2.28. The molecule has 0 aromatic rings. The lowest BCUT2D eigenvalue weighted by molar-refractivity contribution is 0.0608. The number of hydrogen-bond donors (Lipinski definition) is 1. The van der Waals surface area contributed by atoms with E-state index in [1.165, 1.54) is 45.2 Å². The average Bonchev–Trinajstić information content (AvgIpc) is 2.31. The van der Waals surface area contributed by atoms with Gasteiger partial charge in [-0.2, -0.15) is 0 Å². The molecule has 0 bridgehead atoms. The van der Waals surface area contributed by atoms with Gasteiger partial charge in [-0.15, -0.1) is 0 Å². The Balaban J connectivity index is 1.95. The van der Waals surface area contributed by atoms with Crippen LogP contribution in [0.25, 0.3) is 0 Å². The van der Waals surface area contributed by atoms with E-state index >= 15 is 0 Å². The minimum atomic E-state index is 0.392. The number of likely N-dealkylation sites (tertiary alicyclic amines) is 1. The predicted octanol–water partition coefficient (Wildman–Crippen LogP) is 1.53. The van der Waals surface area contributed by atoms with Crippen molar-refractivity contribution in [3.63, 3.8) is 0 Å². The molecule has 3 heteroatoms. The second-order valence-electron chi connectivity index (χ2n) is 6.37. The minimum Gasteiger partial charge on any atom is -0.326 e. The largest absolute Gasteiger partial charge is 0.326 e. The maximum Gasteiger partial charge on any atom is 0.0250 e. The van der Waals surface area contributed by atoms with Crippen LogP contribution in [-0.4, -0.2) is 55.1 Å². The SMILES string of the molecule is CC1CCC(N)C(N(C)C2CCCN(C)C2)C1. The first-order valence-corrected chi connectivity index (χ1v) is 7.24. The van der Waals surface area contributed by atoms with Gasteiger partial charge in [-0.05, 0) is 58.7 Å². The number of piperidine rings is 1. The topological polar surface area (TPSA) is 32.5 Å². The lowest BCUT2D eigenvalue weighted by Gasteiger charge is -2.45. The molecule has 4 unspecified atom stereocenters. The van der Waals surface area contributed by atoms with Gasteiger partial charge < -0.3 is 10.6 Å². The third-order valence-corrected chi connectivity index (χ3v) is 4.83. The Morgan fingerprint density at radius 2 is 2.00 bits per heavy atom. The summed E-state index contributed by atoms with van der Waals surface area (Å²) in [7, 11) is 4.54. The second kappa shape index (κ2) is 5.68. The van der Waals surface area contributed by atoms with Crippen LogP contribution in [0.4, 0.5) is 0 Å². The first-order chi connectivity index (χ1) is 8.08. The van der Waals surface area contributed by atoms with Gasteiger partial charge in [0.05, 0.1) is 0 Å². The highest BCUT2D eigenvalue weighted by Gasteiger charge is 2.33. The molecule has 2 fully saturated rings. The maximum absolute atomic E-state index is 6.33. The number of nitrogens with two attached hydrogens (primary N) is 1. The molecule has 4 atom stereocenters. The van der Waals surface area contributed by atoms with Gasteiger partial charge in [0.25, 0.3) is 0 Å². The van der Waals surface area contributed by atoms with Crippen molar-refractivity contribution in [3.05, 3.63) is 0 Å². The summed E-state index contributed by atoms with van der Waals surface area (Å²) in [4.78, 5) is 5.05. The molecule has 0 aromatic heterocycles. The maximum atomic E-state index is 6.33. The molecule has 2 N–H and O–H groups in total. The summed E-state index contributed by atoms with van der Waals surface area (Å²) < 4.78 is 0. The number of likely N-dealkylation sites (N-methyl/N-ethyl adjacent to an activating group) is 2. The summed E-state index contributed by atoms with van der Waals surface area (Å²) in [5.41, 5.74) is 6.33. The molecule has 3 nitrogen and oxygen atoms in total. The van der Waals surface area contributed by atoms with Crippen molar-refractivity contribution in [2.75, 3.05) is 27.2 Å². The average molecular weight is 239 g/mol. The van der Waals surface area contributed by atoms with Crippen LogP contribution >= 0.6 is 0 Å². The lowest BCUT2D eigenvalue weighted by atomic mass is 9.82. The van der Waals surface area contributed by atoms with E-state index in [2.05, 4.69) is 30.8 Å². The lowest BCUT2D eigenvalue weighted by Crippen LogP contribution is -2.56. The van der Waals surface area contributed by atoms with Crippen LogP contribution in [-0.2, 0) is 0 Å². The highest BCUT2D eigenvalue weighted by molar-refractivity contribution is 4.91. The van der Waals surface area contributed by atoms with E-state index in [4.69, 9.17) is 5.73 Å². The Morgan fingerprint density at radius 3 is 2.71 bits per heavy atom. The van der Waals surface area contributed by atoms with Gasteiger partial charge in [0.1, 0.15) is 0 Å². The molecule has 100 valence electrons. The molecule has 1 aliphatic heterocycles. The Bertz CT molecular complexity index is 244. The monoisotopic (exact) mass is 239 g/mol. The van der Waals surface area contributed by atoms with Crippen molar-refractivity contribution in [1.29, 1.82) is 0 Å². The molecule has 0 amide bonds. The smallest absolute Gasteiger partial charge is 0.0250 e. The summed E-state index contributed by atoms with van der Waals surface area (Å²) in [5, 5.41) is 0. The Labute approximate surface area is 106 Å². The van der Waals surface area contributed by atoms with Crippen LogP contribution in [0, 0.1) is 5.92 Å². The quantitative estimate of drug-likeness (QED) is 0.793. The van der Waals surface area contributed by atoms with Crippen LogP contribution in [0.15, 0.2) is 0 Å². The predicted molar refractivity (Wildman–Crippen MR) is 73.1 cm³/mol. The van der Waals surface area contributed by atoms with E-state index in [9.17, 15) is 0 Å². The summed E-state index contributed by atoms with van der Waals surface area (Å²) in [6.45, 7) is 4.85. The summed E-state index contributed by atoms with van der Waals surface area (Å²) in [5.74, 6) is 0.851. The number of hydrogen-bond acceptors (Lipinski definition) is 3. The zero-order valence-corrected chi connectivity index (χ0v) is 11.7. The zero-order valence-electron chi connectivity index (χ0n) is 11.7. The number of nitrogens with zero attached hydrogens (tertiary/aromatic N) is 2. The molecule has 1 aliphatic carbocycles. The minimum absolute atomic E-state index is 0.392. The van der Waals surface area contributed by atoms with Gasteiger partial charge in [0, 0.05) is 24.7 Å². The first kappa shape index (κ1) is 13.3. The molecule has 0 radical (unpaired) electrons. The fourth-order valence-electron chi connectivity index (χ4n) is 3.58. The van der Waals surface area contributed by atoms with Gasteiger partial charge in [0.2, 0.25) is 0 Å². The van der Waals surface area contributed by atoms with Gasteiger partial charge in [0.15, 0.2) is 0 Å². The fraction of sp³-hybridized carbons (Fsp3) is 1.00. The van der Waals surface area contributed by atoms with E-state index in [1.807, 2.05) is 0 Å². The molecule has 1 saturated heterocycles. The third-order valence-electron chi connectivity index (χ3n) is 4.83. The molecule has 0 spiro atoms.